The number of carbonyl (C=O) groups excluding carboxylic acids is 3. The topological polar surface area (TPSA) is 196 Å². The molecular weight excluding hydrogens is 686 g/mol. The van der Waals surface area contributed by atoms with Crippen LogP contribution < -0.4 is 22.1 Å². The molecule has 0 saturated carbocycles. The van der Waals surface area contributed by atoms with Crippen molar-refractivity contribution in [3.8, 4) is 0 Å². The number of para-hydroxylation sites is 3. The van der Waals surface area contributed by atoms with E-state index in [1.165, 1.54) is 0 Å². The van der Waals surface area contributed by atoms with Crippen molar-refractivity contribution in [2.75, 3.05) is 19.6 Å². The molecule has 0 radical (unpaired) electrons. The van der Waals surface area contributed by atoms with Crippen molar-refractivity contribution in [2.45, 2.75) is 102 Å². The number of hydrogen-bond donors (Lipinski definition) is 6. The number of hydrogen-bond acceptors (Lipinski definition) is 7. The molecule has 2 unspecified atom stereocenters. The first-order valence-corrected chi connectivity index (χ1v) is 18.8. The third kappa shape index (κ3) is 8.54. The zero-order valence-corrected chi connectivity index (χ0v) is 31.8. The van der Waals surface area contributed by atoms with E-state index in [9.17, 15) is 19.2 Å². The SMILES string of the molecule is CC(C)(C)OC(=O)C(CCCCN)NC(=O)C(C)(C)c1cnc(C(Cc2c[nH]c3ccccc23)NC(=O)N2CCC(n3c(=O)[nH]c4ccccc43)CC2)[nH]1. The summed E-state index contributed by atoms with van der Waals surface area (Å²) in [6.07, 6.45) is 7.02. The summed E-state index contributed by atoms with van der Waals surface area (Å²) in [5, 5.41) is 7.19. The smallest absolute Gasteiger partial charge is 0.329 e. The summed E-state index contributed by atoms with van der Waals surface area (Å²) in [7, 11) is 0. The maximum absolute atomic E-state index is 13.9. The number of urea groups is 1. The van der Waals surface area contributed by atoms with Gasteiger partial charge < -0.3 is 41.0 Å². The van der Waals surface area contributed by atoms with E-state index in [2.05, 4.69) is 25.6 Å². The van der Waals surface area contributed by atoms with Crippen LogP contribution in [0.4, 0.5) is 4.79 Å². The molecule has 1 saturated heterocycles. The first-order valence-electron chi connectivity index (χ1n) is 18.8. The number of aromatic amines is 3. The second-order valence-electron chi connectivity index (χ2n) is 15.8. The van der Waals surface area contributed by atoms with E-state index in [1.807, 2.05) is 59.3 Å². The van der Waals surface area contributed by atoms with Crippen LogP contribution in [0.1, 0.15) is 95.9 Å². The molecule has 1 fully saturated rings. The second kappa shape index (κ2) is 15.9. The number of ether oxygens (including phenoxy) is 1. The number of carbonyl (C=O) groups is 3. The van der Waals surface area contributed by atoms with Gasteiger partial charge in [0.05, 0.1) is 22.5 Å². The highest BCUT2D eigenvalue weighted by atomic mass is 16.6. The van der Waals surface area contributed by atoms with Crippen molar-refractivity contribution in [1.29, 1.82) is 0 Å². The number of nitrogens with one attached hydrogen (secondary N) is 5. The van der Waals surface area contributed by atoms with Gasteiger partial charge in [-0.05, 0) is 97.0 Å². The predicted molar refractivity (Wildman–Crippen MR) is 208 cm³/mol. The Balaban J connectivity index is 1.20. The van der Waals surface area contributed by atoms with Crippen LogP contribution in [0.3, 0.4) is 0 Å². The number of benzene rings is 2. The normalized spacial score (nSPS) is 15.3. The molecule has 4 heterocycles. The van der Waals surface area contributed by atoms with E-state index in [0.717, 1.165) is 27.5 Å². The number of likely N-dealkylation sites (tertiary alicyclic amines) is 1. The van der Waals surface area contributed by atoms with Crippen LogP contribution in [0.5, 0.6) is 0 Å². The Bertz CT molecular complexity index is 2140. The first-order chi connectivity index (χ1) is 25.7. The standard InChI is InChI=1S/C40H53N9O5/c1-39(2,3)54-35(50)30(15-10-11-19-41)44-36(51)40(4,5)33-24-43-34(47-33)31(22-25-23-42-28-13-7-6-12-27(25)28)46-37(52)48-20-17-26(18-21-48)49-32-16-9-8-14-29(32)45-38(49)53/h6-9,12-14,16,23-24,26,30-31,42H,10-11,15,17-22,41H2,1-5H3,(H,43,47)(H,44,51)(H,45,53)(H,46,52). The average molecular weight is 740 g/mol. The van der Waals surface area contributed by atoms with Gasteiger partial charge in [-0.15, -0.1) is 0 Å². The predicted octanol–water partition coefficient (Wildman–Crippen LogP) is 5.10. The summed E-state index contributed by atoms with van der Waals surface area (Å²) >= 11 is 0. The van der Waals surface area contributed by atoms with Gasteiger partial charge in [0.1, 0.15) is 17.5 Å². The lowest BCUT2D eigenvalue weighted by Gasteiger charge is -2.33. The third-order valence-electron chi connectivity index (χ3n) is 10.2. The van der Waals surface area contributed by atoms with E-state index in [4.69, 9.17) is 15.5 Å². The fraction of sp³-hybridized carbons (Fsp3) is 0.475. The Labute approximate surface area is 314 Å². The number of nitrogens with zero attached hydrogens (tertiary/aromatic N) is 3. The number of aromatic nitrogens is 5. The molecular formula is C40H53N9O5. The van der Waals surface area contributed by atoms with E-state index in [1.54, 1.807) is 45.7 Å². The first kappa shape index (κ1) is 38.4. The van der Waals surface area contributed by atoms with E-state index in [-0.39, 0.29) is 23.7 Å². The van der Waals surface area contributed by atoms with Crippen molar-refractivity contribution in [3.05, 3.63) is 88.5 Å². The molecule has 14 heteroatoms. The summed E-state index contributed by atoms with van der Waals surface area (Å²) in [6.45, 7) is 10.3. The quantitative estimate of drug-likeness (QED) is 0.0714. The molecule has 7 N–H and O–H groups in total. The molecule has 0 aliphatic carbocycles. The summed E-state index contributed by atoms with van der Waals surface area (Å²) in [6, 6.07) is 14.0. The van der Waals surface area contributed by atoms with Crippen LogP contribution in [0.2, 0.25) is 0 Å². The molecule has 0 bridgehead atoms. The zero-order valence-electron chi connectivity index (χ0n) is 31.8. The number of rotatable bonds is 13. The number of esters is 1. The second-order valence-corrected chi connectivity index (χ2v) is 15.8. The van der Waals surface area contributed by atoms with Crippen molar-refractivity contribution >= 4 is 39.8 Å². The lowest BCUT2D eigenvalue weighted by atomic mass is 9.88. The summed E-state index contributed by atoms with van der Waals surface area (Å²) in [5.41, 5.74) is 7.90. The fourth-order valence-electron chi connectivity index (χ4n) is 7.15. The molecule has 54 heavy (non-hydrogen) atoms. The molecule has 1 aliphatic rings. The maximum atomic E-state index is 13.9. The molecule has 2 atom stereocenters. The van der Waals surface area contributed by atoms with Crippen LogP contribution >= 0.6 is 0 Å². The third-order valence-corrected chi connectivity index (χ3v) is 10.2. The lowest BCUT2D eigenvalue weighted by molar-refractivity contribution is -0.159. The van der Waals surface area contributed by atoms with Crippen molar-refractivity contribution in [1.82, 2.24) is 40.0 Å². The average Bonchev–Trinajstić information content (AvgIpc) is 3.88. The number of H-pyrrole nitrogens is 3. The highest BCUT2D eigenvalue weighted by Crippen LogP contribution is 2.29. The summed E-state index contributed by atoms with van der Waals surface area (Å²) in [4.78, 5) is 69.8. The van der Waals surface area contributed by atoms with Gasteiger partial charge in [-0.2, -0.15) is 0 Å². The fourth-order valence-corrected chi connectivity index (χ4v) is 7.15. The van der Waals surface area contributed by atoms with Crippen molar-refractivity contribution < 1.29 is 19.1 Å². The van der Waals surface area contributed by atoms with Crippen LogP contribution in [0, 0.1) is 0 Å². The monoisotopic (exact) mass is 739 g/mol. The summed E-state index contributed by atoms with van der Waals surface area (Å²) in [5.74, 6) is -0.361. The Kier molecular flexibility index (Phi) is 11.3. The summed E-state index contributed by atoms with van der Waals surface area (Å²) < 4.78 is 7.44. The van der Waals surface area contributed by atoms with Gasteiger partial charge in [0.15, 0.2) is 0 Å². The van der Waals surface area contributed by atoms with Crippen LogP contribution in [-0.2, 0) is 26.2 Å². The highest BCUT2D eigenvalue weighted by Gasteiger charge is 2.37. The minimum Gasteiger partial charge on any atom is -0.458 e. The Morgan fingerprint density at radius 1 is 0.963 bits per heavy atom. The van der Waals surface area contributed by atoms with E-state index >= 15 is 0 Å². The molecule has 0 spiro atoms. The lowest BCUT2D eigenvalue weighted by Crippen LogP contribution is -2.50. The zero-order chi connectivity index (χ0) is 38.6. The van der Waals surface area contributed by atoms with Gasteiger partial charge in [-0.3, -0.25) is 9.36 Å². The molecule has 288 valence electrons. The minimum atomic E-state index is -1.11. The number of piperidine rings is 1. The number of nitrogens with two attached hydrogens (primary N) is 1. The van der Waals surface area contributed by atoms with Crippen molar-refractivity contribution in [2.24, 2.45) is 5.73 Å². The van der Waals surface area contributed by atoms with E-state index < -0.39 is 29.1 Å². The van der Waals surface area contributed by atoms with Gasteiger partial charge in [0.25, 0.3) is 0 Å². The van der Waals surface area contributed by atoms with Gasteiger partial charge in [0, 0.05) is 54.5 Å². The molecule has 14 nitrogen and oxygen atoms in total. The van der Waals surface area contributed by atoms with Gasteiger partial charge in [-0.1, -0.05) is 30.3 Å². The molecule has 5 aromatic rings. The number of amides is 3. The van der Waals surface area contributed by atoms with Crippen LogP contribution in [0.15, 0.2) is 65.7 Å². The number of fused-ring (bicyclic) bond motifs is 2. The van der Waals surface area contributed by atoms with Crippen molar-refractivity contribution in [3.63, 3.8) is 0 Å². The number of imidazole rings is 2. The molecule has 2 aromatic carbocycles. The van der Waals surface area contributed by atoms with Crippen LogP contribution in [0.25, 0.3) is 21.9 Å². The molecule has 6 rings (SSSR count). The highest BCUT2D eigenvalue weighted by molar-refractivity contribution is 5.91. The Hall–Kier alpha value is -5.37. The molecule has 3 aromatic heterocycles. The minimum absolute atomic E-state index is 0.0312. The maximum Gasteiger partial charge on any atom is 0.329 e. The molecule has 3 amide bonds. The van der Waals surface area contributed by atoms with Gasteiger partial charge >= 0.3 is 17.7 Å². The Morgan fingerprint density at radius 2 is 1.67 bits per heavy atom. The van der Waals surface area contributed by atoms with E-state index in [0.29, 0.717) is 69.7 Å². The van der Waals surface area contributed by atoms with Gasteiger partial charge in [-0.25, -0.2) is 19.4 Å². The Morgan fingerprint density at radius 3 is 2.39 bits per heavy atom. The van der Waals surface area contributed by atoms with Crippen LogP contribution in [-0.4, -0.2) is 78.6 Å². The van der Waals surface area contributed by atoms with Gasteiger partial charge in [0.2, 0.25) is 5.91 Å². The number of unbranched alkanes of at least 4 members (excludes halogenated alkanes) is 1. The molecule has 1 aliphatic heterocycles. The largest absolute Gasteiger partial charge is 0.458 e.